The highest BCUT2D eigenvalue weighted by molar-refractivity contribution is 7.10. The molecular weight excluding hydrogens is 154 g/mol. The van der Waals surface area contributed by atoms with E-state index >= 15 is 0 Å². The summed E-state index contributed by atoms with van der Waals surface area (Å²) in [7, 11) is 0. The van der Waals surface area contributed by atoms with Crippen molar-refractivity contribution in [2.75, 3.05) is 6.54 Å². The first-order valence-corrected chi connectivity index (χ1v) is 5.11. The van der Waals surface area contributed by atoms with E-state index in [4.69, 9.17) is 0 Å². The molecule has 2 heterocycles. The van der Waals surface area contributed by atoms with Crippen molar-refractivity contribution in [3.05, 3.63) is 21.9 Å². The average molecular weight is 169 g/mol. The highest BCUT2D eigenvalue weighted by Gasteiger charge is 2.07. The molecule has 1 nitrogen and oxygen atoms in total. The topological polar surface area (TPSA) is 12.0 Å². The van der Waals surface area contributed by atoms with E-state index < -0.39 is 0 Å². The van der Waals surface area contributed by atoms with Crippen LogP contribution < -0.4 is 5.32 Å². The Bertz CT molecular complexity index is 185. The Morgan fingerprint density at radius 1 is 1.45 bits per heavy atom. The molecule has 11 heavy (non-hydrogen) atoms. The van der Waals surface area contributed by atoms with Crippen molar-refractivity contribution < 1.29 is 0 Å². The Hall–Kier alpha value is -0.340. The van der Waals surface area contributed by atoms with Gasteiger partial charge in [-0.2, -0.15) is 0 Å². The maximum absolute atomic E-state index is 3.34. The molecule has 1 aromatic heterocycles. The van der Waals surface area contributed by atoms with Crippen molar-refractivity contribution in [1.82, 2.24) is 5.32 Å². The third kappa shape index (κ3) is 2.04. The Morgan fingerprint density at radius 3 is 3.00 bits per heavy atom. The first kappa shape index (κ1) is 8.75. The van der Waals surface area contributed by atoms with Gasteiger partial charge in [0.05, 0.1) is 0 Å². The number of hydrogen-bond acceptors (Lipinski definition) is 2. The van der Waals surface area contributed by atoms with Crippen LogP contribution in [0.15, 0.2) is 11.4 Å². The standard InChI is InChI=1S/C7H9NS.C2H6/c1-3-8-5-7-6(1)2-4-9-7;1-2/h2,4,8H,1,3,5H2;1-2H3. The van der Waals surface area contributed by atoms with Crippen LogP contribution in [0, 0.1) is 0 Å². The molecule has 1 aromatic rings. The molecule has 0 aliphatic carbocycles. The number of hydrogen-bond donors (Lipinski definition) is 1. The molecule has 2 heteroatoms. The van der Waals surface area contributed by atoms with Crippen LogP contribution in [0.3, 0.4) is 0 Å². The van der Waals surface area contributed by atoms with Crippen LogP contribution in [0.25, 0.3) is 0 Å². The van der Waals surface area contributed by atoms with Crippen molar-refractivity contribution in [2.24, 2.45) is 0 Å². The number of fused-ring (bicyclic) bond motifs is 1. The van der Waals surface area contributed by atoms with Gasteiger partial charge in [0.25, 0.3) is 0 Å². The maximum atomic E-state index is 3.34. The van der Waals surface area contributed by atoms with Gasteiger partial charge in [0.2, 0.25) is 0 Å². The fraction of sp³-hybridized carbons (Fsp3) is 0.556. The fourth-order valence-electron chi connectivity index (χ4n) is 1.17. The van der Waals surface area contributed by atoms with Crippen molar-refractivity contribution in [1.29, 1.82) is 0 Å². The van der Waals surface area contributed by atoms with Crippen LogP contribution in [0.4, 0.5) is 0 Å². The van der Waals surface area contributed by atoms with Gasteiger partial charge < -0.3 is 5.32 Å². The van der Waals surface area contributed by atoms with E-state index in [1.807, 2.05) is 25.2 Å². The van der Waals surface area contributed by atoms with E-state index in [-0.39, 0.29) is 0 Å². The lowest BCUT2D eigenvalue weighted by atomic mass is 10.1. The van der Waals surface area contributed by atoms with Crippen LogP contribution in [0.2, 0.25) is 0 Å². The zero-order chi connectivity index (χ0) is 8.10. The molecule has 0 spiro atoms. The van der Waals surface area contributed by atoms with Crippen LogP contribution in [0.1, 0.15) is 24.3 Å². The van der Waals surface area contributed by atoms with Crippen molar-refractivity contribution in [3.63, 3.8) is 0 Å². The van der Waals surface area contributed by atoms with E-state index in [2.05, 4.69) is 16.8 Å². The van der Waals surface area contributed by atoms with Gasteiger partial charge in [-0.15, -0.1) is 11.3 Å². The molecule has 0 saturated carbocycles. The Morgan fingerprint density at radius 2 is 2.27 bits per heavy atom. The third-order valence-corrected chi connectivity index (χ3v) is 2.66. The average Bonchev–Trinajstić information content (AvgIpc) is 2.55. The highest BCUT2D eigenvalue weighted by atomic mass is 32.1. The zero-order valence-corrected chi connectivity index (χ0v) is 8.00. The molecule has 62 valence electrons. The zero-order valence-electron chi connectivity index (χ0n) is 7.18. The molecular formula is C9H15NS. The fourth-order valence-corrected chi connectivity index (χ4v) is 2.07. The molecule has 0 bridgehead atoms. The first-order valence-electron chi connectivity index (χ1n) is 4.23. The Labute approximate surface area is 72.4 Å². The minimum Gasteiger partial charge on any atom is -0.312 e. The monoisotopic (exact) mass is 169 g/mol. The second kappa shape index (κ2) is 4.52. The van der Waals surface area contributed by atoms with E-state index in [9.17, 15) is 0 Å². The van der Waals surface area contributed by atoms with E-state index in [0.717, 1.165) is 13.1 Å². The quantitative estimate of drug-likeness (QED) is 0.629. The molecule has 0 amide bonds. The molecule has 0 saturated heterocycles. The maximum Gasteiger partial charge on any atom is 0.0302 e. The third-order valence-electron chi connectivity index (χ3n) is 1.69. The van der Waals surface area contributed by atoms with E-state index in [1.54, 1.807) is 5.56 Å². The van der Waals surface area contributed by atoms with Crippen LogP contribution in [-0.4, -0.2) is 6.54 Å². The van der Waals surface area contributed by atoms with E-state index in [1.165, 1.54) is 11.3 Å². The van der Waals surface area contributed by atoms with Crippen molar-refractivity contribution in [3.8, 4) is 0 Å². The molecule has 2 rings (SSSR count). The number of nitrogens with one attached hydrogen (secondary N) is 1. The second-order valence-corrected chi connectivity index (χ2v) is 3.30. The van der Waals surface area contributed by atoms with Gasteiger partial charge in [-0.25, -0.2) is 0 Å². The summed E-state index contributed by atoms with van der Waals surface area (Å²) in [4.78, 5) is 1.53. The summed E-state index contributed by atoms with van der Waals surface area (Å²) in [5.74, 6) is 0. The summed E-state index contributed by atoms with van der Waals surface area (Å²) in [5, 5.41) is 5.52. The largest absolute Gasteiger partial charge is 0.312 e. The molecule has 0 unspecified atom stereocenters. The predicted molar refractivity (Wildman–Crippen MR) is 51.1 cm³/mol. The highest BCUT2D eigenvalue weighted by Crippen LogP contribution is 2.19. The Kier molecular flexibility index (Phi) is 3.60. The molecule has 0 aromatic carbocycles. The van der Waals surface area contributed by atoms with Gasteiger partial charge in [0.1, 0.15) is 0 Å². The summed E-state index contributed by atoms with van der Waals surface area (Å²) in [6, 6.07) is 2.24. The molecule has 0 atom stereocenters. The molecule has 1 aliphatic rings. The molecule has 0 radical (unpaired) electrons. The van der Waals surface area contributed by atoms with Gasteiger partial charge in [0, 0.05) is 11.4 Å². The van der Waals surface area contributed by atoms with Crippen LogP contribution in [-0.2, 0) is 13.0 Å². The SMILES string of the molecule is CC.c1cc2c(s1)CNCC2. The lowest BCUT2D eigenvalue weighted by Crippen LogP contribution is -2.21. The van der Waals surface area contributed by atoms with Crippen molar-refractivity contribution >= 4 is 11.3 Å². The lowest BCUT2D eigenvalue weighted by molar-refractivity contribution is 0.654. The summed E-state index contributed by atoms with van der Waals surface area (Å²) in [5.41, 5.74) is 1.55. The first-order chi connectivity index (χ1) is 5.47. The molecule has 0 fully saturated rings. The van der Waals surface area contributed by atoms with Gasteiger partial charge in [-0.05, 0) is 30.0 Å². The summed E-state index contributed by atoms with van der Waals surface area (Å²) in [6.07, 6.45) is 1.22. The number of rotatable bonds is 0. The van der Waals surface area contributed by atoms with Gasteiger partial charge >= 0.3 is 0 Å². The van der Waals surface area contributed by atoms with Crippen molar-refractivity contribution in [2.45, 2.75) is 26.8 Å². The lowest BCUT2D eigenvalue weighted by Gasteiger charge is -2.10. The molecule has 1 aliphatic heterocycles. The molecule has 1 N–H and O–H groups in total. The van der Waals surface area contributed by atoms with Crippen LogP contribution in [0.5, 0.6) is 0 Å². The smallest absolute Gasteiger partial charge is 0.0302 e. The van der Waals surface area contributed by atoms with Gasteiger partial charge in [-0.1, -0.05) is 13.8 Å². The minimum absolute atomic E-state index is 1.09. The summed E-state index contributed by atoms with van der Waals surface area (Å²) in [6.45, 7) is 6.25. The summed E-state index contributed by atoms with van der Waals surface area (Å²) >= 11 is 1.86. The minimum atomic E-state index is 1.09. The predicted octanol–water partition coefficient (Wildman–Crippen LogP) is 2.42. The normalized spacial score (nSPS) is 14.7. The second-order valence-electron chi connectivity index (χ2n) is 2.30. The number of thiophene rings is 1. The van der Waals surface area contributed by atoms with Gasteiger partial charge in [-0.3, -0.25) is 0 Å². The van der Waals surface area contributed by atoms with Gasteiger partial charge in [0.15, 0.2) is 0 Å². The Balaban J connectivity index is 0.000000281. The summed E-state index contributed by atoms with van der Waals surface area (Å²) < 4.78 is 0. The van der Waals surface area contributed by atoms with Crippen LogP contribution >= 0.6 is 11.3 Å². The van der Waals surface area contributed by atoms with E-state index in [0.29, 0.717) is 0 Å².